The summed E-state index contributed by atoms with van der Waals surface area (Å²) in [6.07, 6.45) is 0. The summed E-state index contributed by atoms with van der Waals surface area (Å²) in [5, 5.41) is 24.1. The van der Waals surface area contributed by atoms with Crippen molar-refractivity contribution in [2.75, 3.05) is 0 Å². The number of aromatic nitrogens is 2. The van der Waals surface area contributed by atoms with Gasteiger partial charge in [-0.3, -0.25) is 0 Å². The van der Waals surface area contributed by atoms with Gasteiger partial charge in [-0.1, -0.05) is 30.3 Å². The van der Waals surface area contributed by atoms with Gasteiger partial charge in [-0.25, -0.2) is 9.07 Å². The number of aromatic hydroxyl groups is 2. The first-order valence-electron chi connectivity index (χ1n) is 8.05. The molecule has 0 saturated heterocycles. The summed E-state index contributed by atoms with van der Waals surface area (Å²) in [4.78, 5) is 0. The SMILES string of the molecule is Oc1ccc(-c2cc(-c3ccccc3)nn2-c2ccc(F)cc2)cc1O. The Morgan fingerprint density at radius 1 is 0.731 bits per heavy atom. The largest absolute Gasteiger partial charge is 0.504 e. The van der Waals surface area contributed by atoms with Crippen LogP contribution in [0.15, 0.2) is 78.9 Å². The van der Waals surface area contributed by atoms with E-state index in [9.17, 15) is 14.6 Å². The Hall–Kier alpha value is -3.60. The van der Waals surface area contributed by atoms with E-state index in [1.165, 1.54) is 24.3 Å². The maximum absolute atomic E-state index is 13.3. The van der Waals surface area contributed by atoms with Crippen LogP contribution in [0.2, 0.25) is 0 Å². The summed E-state index contributed by atoms with van der Waals surface area (Å²) in [5.41, 5.74) is 3.77. The fourth-order valence-electron chi connectivity index (χ4n) is 2.80. The van der Waals surface area contributed by atoms with Crippen LogP contribution in [0, 0.1) is 5.82 Å². The Morgan fingerprint density at radius 3 is 2.15 bits per heavy atom. The zero-order valence-electron chi connectivity index (χ0n) is 13.7. The monoisotopic (exact) mass is 346 g/mol. The van der Waals surface area contributed by atoms with Gasteiger partial charge >= 0.3 is 0 Å². The average molecular weight is 346 g/mol. The van der Waals surface area contributed by atoms with Crippen LogP contribution in [-0.2, 0) is 0 Å². The molecule has 0 radical (unpaired) electrons. The molecule has 0 atom stereocenters. The molecule has 0 unspecified atom stereocenters. The normalized spacial score (nSPS) is 10.8. The molecule has 3 aromatic carbocycles. The molecule has 0 spiro atoms. The van der Waals surface area contributed by atoms with Gasteiger partial charge in [0.05, 0.1) is 17.1 Å². The van der Waals surface area contributed by atoms with Crippen molar-refractivity contribution in [2.45, 2.75) is 0 Å². The van der Waals surface area contributed by atoms with Gasteiger partial charge in [0.15, 0.2) is 11.5 Å². The van der Waals surface area contributed by atoms with Crippen molar-refractivity contribution in [3.05, 3.63) is 84.7 Å². The van der Waals surface area contributed by atoms with E-state index in [1.54, 1.807) is 22.9 Å². The maximum atomic E-state index is 13.3. The molecule has 1 aromatic heterocycles. The van der Waals surface area contributed by atoms with Gasteiger partial charge in [0.1, 0.15) is 5.82 Å². The highest BCUT2D eigenvalue weighted by Gasteiger charge is 2.14. The molecule has 5 heteroatoms. The number of nitrogens with zero attached hydrogens (tertiary/aromatic N) is 2. The molecule has 0 fully saturated rings. The number of hydrogen-bond acceptors (Lipinski definition) is 3. The predicted molar refractivity (Wildman–Crippen MR) is 97.7 cm³/mol. The van der Waals surface area contributed by atoms with Crippen molar-refractivity contribution >= 4 is 0 Å². The highest BCUT2D eigenvalue weighted by Crippen LogP contribution is 2.33. The number of benzene rings is 3. The molecule has 2 N–H and O–H groups in total. The second-order valence-corrected chi connectivity index (χ2v) is 5.87. The molecule has 0 aliphatic heterocycles. The van der Waals surface area contributed by atoms with E-state index in [1.807, 2.05) is 36.4 Å². The van der Waals surface area contributed by atoms with Crippen molar-refractivity contribution in [3.8, 4) is 39.7 Å². The van der Waals surface area contributed by atoms with Crippen molar-refractivity contribution in [3.63, 3.8) is 0 Å². The molecule has 0 aliphatic carbocycles. The number of phenolic OH excluding ortho intramolecular Hbond substituents is 2. The lowest BCUT2D eigenvalue weighted by Gasteiger charge is -2.08. The third kappa shape index (κ3) is 2.91. The summed E-state index contributed by atoms with van der Waals surface area (Å²) < 4.78 is 15.0. The van der Waals surface area contributed by atoms with E-state index in [0.717, 1.165) is 11.3 Å². The molecule has 0 bridgehead atoms. The van der Waals surface area contributed by atoms with Crippen LogP contribution in [0.4, 0.5) is 4.39 Å². The first-order valence-corrected chi connectivity index (χ1v) is 8.05. The minimum Gasteiger partial charge on any atom is -0.504 e. The zero-order chi connectivity index (χ0) is 18.1. The Bertz CT molecular complexity index is 1060. The summed E-state index contributed by atoms with van der Waals surface area (Å²) >= 11 is 0. The first kappa shape index (κ1) is 15.9. The number of hydrogen-bond donors (Lipinski definition) is 2. The highest BCUT2D eigenvalue weighted by molar-refractivity contribution is 5.72. The van der Waals surface area contributed by atoms with Gasteiger partial charge in [0.2, 0.25) is 0 Å². The number of phenols is 2. The molecular formula is C21H15FN2O2. The highest BCUT2D eigenvalue weighted by atomic mass is 19.1. The molecule has 1 heterocycles. The molecule has 4 aromatic rings. The van der Waals surface area contributed by atoms with Crippen molar-refractivity contribution < 1.29 is 14.6 Å². The Balaban J connectivity index is 1.91. The van der Waals surface area contributed by atoms with Gasteiger partial charge < -0.3 is 10.2 Å². The Labute approximate surface area is 149 Å². The van der Waals surface area contributed by atoms with Crippen molar-refractivity contribution in [1.82, 2.24) is 9.78 Å². The van der Waals surface area contributed by atoms with Crippen LogP contribution in [0.1, 0.15) is 0 Å². The van der Waals surface area contributed by atoms with E-state index in [4.69, 9.17) is 0 Å². The average Bonchev–Trinajstić information content (AvgIpc) is 3.11. The summed E-state index contributed by atoms with van der Waals surface area (Å²) in [7, 11) is 0. The van der Waals surface area contributed by atoms with Crippen LogP contribution < -0.4 is 0 Å². The van der Waals surface area contributed by atoms with Gasteiger partial charge in [-0.2, -0.15) is 5.10 Å². The van der Waals surface area contributed by atoms with Crippen molar-refractivity contribution in [1.29, 1.82) is 0 Å². The summed E-state index contributed by atoms with van der Waals surface area (Å²) in [5.74, 6) is -0.728. The lowest BCUT2D eigenvalue weighted by atomic mass is 10.1. The third-order valence-electron chi connectivity index (χ3n) is 4.12. The maximum Gasteiger partial charge on any atom is 0.158 e. The molecule has 26 heavy (non-hydrogen) atoms. The lowest BCUT2D eigenvalue weighted by molar-refractivity contribution is 0.404. The van der Waals surface area contributed by atoms with Crippen LogP contribution in [0.3, 0.4) is 0 Å². The molecule has 4 nitrogen and oxygen atoms in total. The fraction of sp³-hybridized carbons (Fsp3) is 0. The minimum atomic E-state index is -0.326. The molecule has 0 aliphatic rings. The smallest absolute Gasteiger partial charge is 0.158 e. The molecule has 0 saturated carbocycles. The first-order chi connectivity index (χ1) is 12.6. The topological polar surface area (TPSA) is 58.3 Å². The van der Waals surface area contributed by atoms with Crippen LogP contribution in [0.25, 0.3) is 28.2 Å². The summed E-state index contributed by atoms with van der Waals surface area (Å²) in [6.45, 7) is 0. The van der Waals surface area contributed by atoms with Gasteiger partial charge in [-0.05, 0) is 48.5 Å². The second-order valence-electron chi connectivity index (χ2n) is 5.87. The third-order valence-corrected chi connectivity index (χ3v) is 4.12. The second kappa shape index (κ2) is 6.37. The Kier molecular flexibility index (Phi) is 3.89. The van der Waals surface area contributed by atoms with Crippen LogP contribution in [-0.4, -0.2) is 20.0 Å². The van der Waals surface area contributed by atoms with Crippen molar-refractivity contribution in [2.24, 2.45) is 0 Å². The Morgan fingerprint density at radius 2 is 1.46 bits per heavy atom. The van der Waals surface area contributed by atoms with E-state index >= 15 is 0 Å². The lowest BCUT2D eigenvalue weighted by Crippen LogP contribution is -1.99. The molecule has 0 amide bonds. The predicted octanol–water partition coefficient (Wildman–Crippen LogP) is 4.76. The van der Waals surface area contributed by atoms with Gasteiger partial charge in [-0.15, -0.1) is 0 Å². The van der Waals surface area contributed by atoms with Gasteiger partial charge in [0, 0.05) is 11.1 Å². The van der Waals surface area contributed by atoms with E-state index in [2.05, 4.69) is 5.10 Å². The zero-order valence-corrected chi connectivity index (χ0v) is 13.7. The minimum absolute atomic E-state index is 0.190. The standard InChI is InChI=1S/C21H15FN2O2/c22-16-7-9-17(10-8-16)24-19(15-6-11-20(25)21(26)12-15)13-18(23-24)14-4-2-1-3-5-14/h1-13,25-26H. The van der Waals surface area contributed by atoms with E-state index in [0.29, 0.717) is 16.9 Å². The summed E-state index contributed by atoms with van der Waals surface area (Å²) in [6, 6.07) is 22.2. The van der Waals surface area contributed by atoms with E-state index < -0.39 is 0 Å². The fourth-order valence-corrected chi connectivity index (χ4v) is 2.80. The van der Waals surface area contributed by atoms with Crippen LogP contribution >= 0.6 is 0 Å². The quantitative estimate of drug-likeness (QED) is 0.526. The van der Waals surface area contributed by atoms with Gasteiger partial charge in [0.25, 0.3) is 0 Å². The molecule has 128 valence electrons. The molecular weight excluding hydrogens is 331 g/mol. The van der Waals surface area contributed by atoms with E-state index in [-0.39, 0.29) is 17.3 Å². The van der Waals surface area contributed by atoms with Crippen LogP contribution in [0.5, 0.6) is 11.5 Å². The molecule has 4 rings (SSSR count). The number of halogens is 1. The number of rotatable bonds is 3.